The average Bonchev–Trinajstić information content (AvgIpc) is 2.67. The lowest BCUT2D eigenvalue weighted by atomic mass is 9.82. The highest BCUT2D eigenvalue weighted by Crippen LogP contribution is 2.30. The van der Waals surface area contributed by atoms with Gasteiger partial charge in [-0.3, -0.25) is 4.79 Å². The topological polar surface area (TPSA) is 71.5 Å². The summed E-state index contributed by atoms with van der Waals surface area (Å²) < 4.78 is 5.96. The normalized spacial score (nSPS) is 18.1. The van der Waals surface area contributed by atoms with Gasteiger partial charge < -0.3 is 15.2 Å². The number of aromatic nitrogens is 1. The highest BCUT2D eigenvalue weighted by molar-refractivity contribution is 5.67. The third-order valence-corrected chi connectivity index (χ3v) is 5.55. The van der Waals surface area contributed by atoms with Crippen LogP contribution in [-0.4, -0.2) is 29.2 Å². The molecule has 0 bridgehead atoms. The van der Waals surface area contributed by atoms with Crippen LogP contribution in [0, 0.1) is 5.92 Å². The van der Waals surface area contributed by atoms with E-state index in [-0.39, 0.29) is 12.3 Å². The van der Waals surface area contributed by atoms with Crippen LogP contribution in [0.25, 0.3) is 0 Å². The predicted octanol–water partition coefficient (Wildman–Crippen LogP) is 3.64. The molecule has 1 aliphatic carbocycles. The maximum Gasteiger partial charge on any atom is 0.303 e. The summed E-state index contributed by atoms with van der Waals surface area (Å²) in [6.45, 7) is 1.61. The third kappa shape index (κ3) is 4.41. The zero-order chi connectivity index (χ0) is 18.6. The fourth-order valence-corrected chi connectivity index (χ4v) is 4.10. The van der Waals surface area contributed by atoms with Gasteiger partial charge in [0, 0.05) is 25.1 Å². The van der Waals surface area contributed by atoms with Crippen molar-refractivity contribution in [1.29, 1.82) is 0 Å². The summed E-state index contributed by atoms with van der Waals surface area (Å²) in [4.78, 5) is 15.6. The van der Waals surface area contributed by atoms with Crippen LogP contribution in [0.5, 0.6) is 5.75 Å². The number of fused-ring (bicyclic) bond motifs is 2. The summed E-state index contributed by atoms with van der Waals surface area (Å²) >= 11 is 0. The second-order valence-corrected chi connectivity index (χ2v) is 7.58. The maximum absolute atomic E-state index is 10.9. The molecule has 0 fully saturated rings. The molecule has 0 spiro atoms. The van der Waals surface area contributed by atoms with Crippen molar-refractivity contribution >= 4 is 11.8 Å². The van der Waals surface area contributed by atoms with E-state index in [0.29, 0.717) is 6.61 Å². The standard InChI is InChI=1S/C22H26N2O3/c25-21(26)13-15-3-4-18-14-20(8-6-17(18)12-15)27-11-9-19-7-5-16-2-1-10-23-22(16)24-19/h5-8,14-15H,1-4,9-13H2,(H,23,24)(H,25,26). The molecule has 0 saturated heterocycles. The molecule has 1 atom stereocenters. The quantitative estimate of drug-likeness (QED) is 0.817. The number of carboxylic acid groups (broad SMARTS) is 1. The first-order valence-corrected chi connectivity index (χ1v) is 9.86. The van der Waals surface area contributed by atoms with Crippen LogP contribution in [0.2, 0.25) is 0 Å². The van der Waals surface area contributed by atoms with Crippen LogP contribution in [0.15, 0.2) is 30.3 Å². The minimum Gasteiger partial charge on any atom is -0.493 e. The molecule has 2 aromatic rings. The van der Waals surface area contributed by atoms with Gasteiger partial charge >= 0.3 is 5.97 Å². The van der Waals surface area contributed by atoms with E-state index in [0.717, 1.165) is 55.9 Å². The molecule has 0 radical (unpaired) electrons. The molecule has 0 saturated carbocycles. The van der Waals surface area contributed by atoms with Gasteiger partial charge in [-0.05, 0) is 72.9 Å². The molecule has 2 aliphatic rings. The molecular weight excluding hydrogens is 340 g/mol. The summed E-state index contributed by atoms with van der Waals surface area (Å²) in [6.07, 6.45) is 6.05. The van der Waals surface area contributed by atoms with E-state index in [1.54, 1.807) is 0 Å². The van der Waals surface area contributed by atoms with Gasteiger partial charge in [-0.1, -0.05) is 12.1 Å². The number of carbonyl (C=O) groups is 1. The van der Waals surface area contributed by atoms with E-state index < -0.39 is 5.97 Å². The Bertz CT molecular complexity index is 834. The number of anilines is 1. The third-order valence-electron chi connectivity index (χ3n) is 5.55. The summed E-state index contributed by atoms with van der Waals surface area (Å²) in [5, 5.41) is 12.4. The van der Waals surface area contributed by atoms with E-state index in [1.807, 2.05) is 6.07 Å². The van der Waals surface area contributed by atoms with Gasteiger partial charge in [-0.2, -0.15) is 0 Å². The smallest absolute Gasteiger partial charge is 0.303 e. The van der Waals surface area contributed by atoms with Crippen LogP contribution in [-0.2, 0) is 30.5 Å². The lowest BCUT2D eigenvalue weighted by molar-refractivity contribution is -0.138. The molecular formula is C22H26N2O3. The van der Waals surface area contributed by atoms with E-state index in [4.69, 9.17) is 14.8 Å². The minimum atomic E-state index is -0.700. The van der Waals surface area contributed by atoms with Gasteiger partial charge in [0.15, 0.2) is 0 Å². The van der Waals surface area contributed by atoms with Crippen molar-refractivity contribution in [3.8, 4) is 5.75 Å². The van der Waals surface area contributed by atoms with Gasteiger partial charge in [0.2, 0.25) is 0 Å². The van der Waals surface area contributed by atoms with Crippen molar-refractivity contribution in [2.24, 2.45) is 5.92 Å². The minimum absolute atomic E-state index is 0.255. The first-order valence-electron chi connectivity index (χ1n) is 9.86. The van der Waals surface area contributed by atoms with Crippen molar-refractivity contribution in [1.82, 2.24) is 4.98 Å². The number of pyridine rings is 1. The molecule has 5 heteroatoms. The zero-order valence-electron chi connectivity index (χ0n) is 15.5. The van der Waals surface area contributed by atoms with Gasteiger partial charge in [0.1, 0.15) is 11.6 Å². The fourth-order valence-electron chi connectivity index (χ4n) is 4.10. The second-order valence-electron chi connectivity index (χ2n) is 7.58. The number of benzene rings is 1. The first kappa shape index (κ1) is 17.8. The Hall–Kier alpha value is -2.56. The summed E-state index contributed by atoms with van der Waals surface area (Å²) in [6, 6.07) is 10.5. The maximum atomic E-state index is 10.9. The number of ether oxygens (including phenoxy) is 1. The van der Waals surface area contributed by atoms with Crippen molar-refractivity contribution in [2.45, 2.75) is 44.9 Å². The summed E-state index contributed by atoms with van der Waals surface area (Å²) in [5.74, 6) is 1.48. The molecule has 4 rings (SSSR count). The molecule has 2 N–H and O–H groups in total. The molecule has 1 aromatic heterocycles. The predicted molar refractivity (Wildman–Crippen MR) is 104 cm³/mol. The lowest BCUT2D eigenvalue weighted by Gasteiger charge is -2.24. The van der Waals surface area contributed by atoms with Crippen molar-refractivity contribution in [2.75, 3.05) is 18.5 Å². The molecule has 142 valence electrons. The number of nitrogens with zero attached hydrogens (tertiary/aromatic N) is 1. The van der Waals surface area contributed by atoms with Crippen molar-refractivity contribution < 1.29 is 14.6 Å². The van der Waals surface area contributed by atoms with Gasteiger partial charge in [0.25, 0.3) is 0 Å². The molecule has 27 heavy (non-hydrogen) atoms. The second kappa shape index (κ2) is 7.99. The van der Waals surface area contributed by atoms with Crippen molar-refractivity contribution in [3.05, 3.63) is 52.7 Å². The SMILES string of the molecule is O=C(O)CC1CCc2cc(OCCc3ccc4c(n3)NCCC4)ccc2C1. The number of hydrogen-bond donors (Lipinski definition) is 2. The fraction of sp³-hybridized carbons (Fsp3) is 0.455. The Morgan fingerprint density at radius 2 is 2.07 bits per heavy atom. The van der Waals surface area contributed by atoms with Gasteiger partial charge in [-0.25, -0.2) is 4.98 Å². The largest absolute Gasteiger partial charge is 0.493 e. The van der Waals surface area contributed by atoms with Gasteiger partial charge in [-0.15, -0.1) is 0 Å². The van der Waals surface area contributed by atoms with E-state index >= 15 is 0 Å². The Morgan fingerprint density at radius 1 is 1.19 bits per heavy atom. The number of aliphatic carboxylic acids is 1. The number of carboxylic acids is 1. The number of aryl methyl sites for hydroxylation is 2. The lowest BCUT2D eigenvalue weighted by Crippen LogP contribution is -2.17. The molecule has 0 amide bonds. The Kier molecular flexibility index (Phi) is 5.28. The molecule has 1 aliphatic heterocycles. The molecule has 1 aromatic carbocycles. The van der Waals surface area contributed by atoms with Crippen molar-refractivity contribution in [3.63, 3.8) is 0 Å². The Labute approximate surface area is 159 Å². The number of hydrogen-bond acceptors (Lipinski definition) is 4. The molecule has 1 unspecified atom stereocenters. The summed E-state index contributed by atoms with van der Waals surface area (Å²) in [5.41, 5.74) is 4.92. The van der Waals surface area contributed by atoms with Crippen LogP contribution >= 0.6 is 0 Å². The highest BCUT2D eigenvalue weighted by atomic mass is 16.5. The summed E-state index contributed by atoms with van der Waals surface area (Å²) in [7, 11) is 0. The van der Waals surface area contributed by atoms with Crippen LogP contribution < -0.4 is 10.1 Å². The van der Waals surface area contributed by atoms with Gasteiger partial charge in [0.05, 0.1) is 6.61 Å². The van der Waals surface area contributed by atoms with E-state index in [2.05, 4.69) is 29.6 Å². The first-order chi connectivity index (χ1) is 13.2. The van der Waals surface area contributed by atoms with Crippen LogP contribution in [0.3, 0.4) is 0 Å². The number of rotatable bonds is 6. The number of nitrogens with one attached hydrogen (secondary N) is 1. The molecule has 2 heterocycles. The Balaban J connectivity index is 1.32. The van der Waals surface area contributed by atoms with E-state index in [1.165, 1.54) is 23.1 Å². The van der Waals surface area contributed by atoms with Crippen LogP contribution in [0.1, 0.15) is 41.6 Å². The highest BCUT2D eigenvalue weighted by Gasteiger charge is 2.21. The monoisotopic (exact) mass is 366 g/mol. The van der Waals surface area contributed by atoms with E-state index in [9.17, 15) is 4.79 Å². The van der Waals surface area contributed by atoms with Crippen LogP contribution in [0.4, 0.5) is 5.82 Å². The molecule has 5 nitrogen and oxygen atoms in total. The zero-order valence-corrected chi connectivity index (χ0v) is 15.5. The Morgan fingerprint density at radius 3 is 2.96 bits per heavy atom. The average molecular weight is 366 g/mol.